The summed E-state index contributed by atoms with van der Waals surface area (Å²) in [6.07, 6.45) is 4.99. The molecule has 3 aromatic rings. The summed E-state index contributed by atoms with van der Waals surface area (Å²) in [5, 5.41) is 0. The molecule has 4 nitrogen and oxygen atoms in total. The number of aromatic nitrogens is 2. The Morgan fingerprint density at radius 3 is 2.29 bits per heavy atom. The van der Waals surface area contributed by atoms with Crippen molar-refractivity contribution in [3.8, 4) is 11.3 Å². The molecule has 1 aliphatic heterocycles. The Bertz CT molecular complexity index is 974. The Kier molecular flexibility index (Phi) is 5.10. The number of amides is 1. The fourth-order valence-corrected chi connectivity index (χ4v) is 3.64. The van der Waals surface area contributed by atoms with E-state index in [1.807, 2.05) is 0 Å². The average molecular weight is 379 g/mol. The second-order valence-electron chi connectivity index (χ2n) is 6.89. The summed E-state index contributed by atoms with van der Waals surface area (Å²) < 4.78 is 26.4. The number of hydrogen-bond acceptors (Lipinski definition) is 3. The number of benzene rings is 2. The first kappa shape index (κ1) is 18.2. The van der Waals surface area contributed by atoms with Gasteiger partial charge in [0.05, 0.1) is 11.4 Å². The number of carbonyl (C=O) groups excluding carboxylic acids is 1. The van der Waals surface area contributed by atoms with Crippen molar-refractivity contribution in [1.29, 1.82) is 0 Å². The van der Waals surface area contributed by atoms with Crippen molar-refractivity contribution in [1.82, 2.24) is 14.9 Å². The molecule has 0 spiro atoms. The summed E-state index contributed by atoms with van der Waals surface area (Å²) in [5.74, 6) is -0.747. The monoisotopic (exact) mass is 379 g/mol. The number of halogens is 2. The lowest BCUT2D eigenvalue weighted by molar-refractivity contribution is 0.0706. The Morgan fingerprint density at radius 2 is 1.57 bits per heavy atom. The minimum Gasteiger partial charge on any atom is -0.338 e. The summed E-state index contributed by atoms with van der Waals surface area (Å²) in [5.41, 5.74) is 2.79. The number of piperidine rings is 1. The van der Waals surface area contributed by atoms with E-state index in [-0.39, 0.29) is 23.5 Å². The van der Waals surface area contributed by atoms with Crippen LogP contribution in [0.2, 0.25) is 0 Å². The largest absolute Gasteiger partial charge is 0.338 e. The fraction of sp³-hybridized carbons (Fsp3) is 0.227. The number of hydrogen-bond donors (Lipinski definition) is 0. The SMILES string of the molecule is O=C(c1ccc(F)cc1)N1CCC[C@H](c2nccnc2-c2ccc(F)cc2)C1. The third-order valence-electron chi connectivity index (χ3n) is 5.03. The van der Waals surface area contributed by atoms with Gasteiger partial charge in [-0.05, 0) is 61.4 Å². The molecule has 6 heteroatoms. The van der Waals surface area contributed by atoms with Crippen molar-refractivity contribution >= 4 is 5.91 Å². The van der Waals surface area contributed by atoms with Crippen LogP contribution in [-0.2, 0) is 0 Å². The molecule has 0 unspecified atom stereocenters. The van der Waals surface area contributed by atoms with Crippen LogP contribution in [0.15, 0.2) is 60.9 Å². The highest BCUT2D eigenvalue weighted by atomic mass is 19.1. The molecule has 0 bridgehead atoms. The Morgan fingerprint density at radius 1 is 0.929 bits per heavy atom. The number of carbonyl (C=O) groups is 1. The third-order valence-corrected chi connectivity index (χ3v) is 5.03. The predicted molar refractivity (Wildman–Crippen MR) is 102 cm³/mol. The molecular weight excluding hydrogens is 360 g/mol. The van der Waals surface area contributed by atoms with E-state index in [0.29, 0.717) is 24.3 Å². The van der Waals surface area contributed by atoms with E-state index in [1.54, 1.807) is 29.4 Å². The van der Waals surface area contributed by atoms with Crippen LogP contribution >= 0.6 is 0 Å². The molecule has 0 aliphatic carbocycles. The number of likely N-dealkylation sites (tertiary alicyclic amines) is 1. The first-order valence-corrected chi connectivity index (χ1v) is 9.23. The molecule has 4 rings (SSSR count). The third kappa shape index (κ3) is 3.76. The zero-order valence-corrected chi connectivity index (χ0v) is 15.2. The first-order chi connectivity index (χ1) is 13.6. The molecule has 0 N–H and O–H groups in total. The van der Waals surface area contributed by atoms with Crippen LogP contribution in [0.3, 0.4) is 0 Å². The molecule has 28 heavy (non-hydrogen) atoms. The lowest BCUT2D eigenvalue weighted by atomic mass is 9.91. The average Bonchev–Trinajstić information content (AvgIpc) is 2.74. The van der Waals surface area contributed by atoms with Crippen molar-refractivity contribution in [2.45, 2.75) is 18.8 Å². The van der Waals surface area contributed by atoms with Gasteiger partial charge in [0.25, 0.3) is 5.91 Å². The number of nitrogens with zero attached hydrogens (tertiary/aromatic N) is 3. The molecule has 1 atom stereocenters. The molecular formula is C22H19F2N3O. The van der Waals surface area contributed by atoms with Gasteiger partial charge in [0, 0.05) is 42.5 Å². The number of rotatable bonds is 3. The zero-order valence-electron chi connectivity index (χ0n) is 15.2. The van der Waals surface area contributed by atoms with E-state index in [4.69, 9.17) is 0 Å². The first-order valence-electron chi connectivity index (χ1n) is 9.23. The van der Waals surface area contributed by atoms with Crippen LogP contribution < -0.4 is 0 Å². The van der Waals surface area contributed by atoms with Crippen molar-refractivity contribution in [2.24, 2.45) is 0 Å². The van der Waals surface area contributed by atoms with E-state index in [1.165, 1.54) is 36.4 Å². The van der Waals surface area contributed by atoms with Gasteiger partial charge >= 0.3 is 0 Å². The molecule has 2 heterocycles. The lowest BCUT2D eigenvalue weighted by Gasteiger charge is -2.33. The summed E-state index contributed by atoms with van der Waals surface area (Å²) in [4.78, 5) is 23.6. The zero-order chi connectivity index (χ0) is 19.5. The van der Waals surface area contributed by atoms with Gasteiger partial charge in [-0.15, -0.1) is 0 Å². The highest BCUT2D eigenvalue weighted by molar-refractivity contribution is 5.94. The molecule has 2 aromatic carbocycles. The Hall–Kier alpha value is -3.15. The van der Waals surface area contributed by atoms with Crippen molar-refractivity contribution in [3.05, 3.63) is 83.8 Å². The molecule has 1 aromatic heterocycles. The van der Waals surface area contributed by atoms with Gasteiger partial charge in [0.15, 0.2) is 0 Å². The van der Waals surface area contributed by atoms with Gasteiger partial charge in [0.2, 0.25) is 0 Å². The van der Waals surface area contributed by atoms with Crippen LogP contribution in [0.1, 0.15) is 34.8 Å². The van der Waals surface area contributed by atoms with E-state index in [9.17, 15) is 13.6 Å². The predicted octanol–water partition coefficient (Wildman–Crippen LogP) is 4.44. The second kappa shape index (κ2) is 7.84. The second-order valence-corrected chi connectivity index (χ2v) is 6.89. The minimum absolute atomic E-state index is 0.0342. The highest BCUT2D eigenvalue weighted by Crippen LogP contribution is 2.32. The molecule has 1 aliphatic rings. The molecule has 142 valence electrons. The van der Waals surface area contributed by atoms with Gasteiger partial charge in [-0.2, -0.15) is 0 Å². The van der Waals surface area contributed by atoms with Gasteiger partial charge in [0.1, 0.15) is 11.6 Å². The van der Waals surface area contributed by atoms with Gasteiger partial charge in [-0.1, -0.05) is 0 Å². The lowest BCUT2D eigenvalue weighted by Crippen LogP contribution is -2.39. The Balaban J connectivity index is 1.59. The smallest absolute Gasteiger partial charge is 0.253 e. The summed E-state index contributed by atoms with van der Waals surface area (Å²) in [7, 11) is 0. The summed E-state index contributed by atoms with van der Waals surface area (Å²) in [6, 6.07) is 11.8. The van der Waals surface area contributed by atoms with E-state index < -0.39 is 0 Å². The van der Waals surface area contributed by atoms with E-state index >= 15 is 0 Å². The van der Waals surface area contributed by atoms with Crippen LogP contribution in [0.25, 0.3) is 11.3 Å². The van der Waals surface area contributed by atoms with Crippen LogP contribution in [0.4, 0.5) is 8.78 Å². The minimum atomic E-state index is -0.364. The quantitative estimate of drug-likeness (QED) is 0.676. The van der Waals surface area contributed by atoms with Gasteiger partial charge < -0.3 is 4.90 Å². The maximum Gasteiger partial charge on any atom is 0.253 e. The van der Waals surface area contributed by atoms with Crippen molar-refractivity contribution in [2.75, 3.05) is 13.1 Å². The van der Waals surface area contributed by atoms with Crippen LogP contribution in [-0.4, -0.2) is 33.9 Å². The van der Waals surface area contributed by atoms with Crippen molar-refractivity contribution < 1.29 is 13.6 Å². The van der Waals surface area contributed by atoms with E-state index in [0.717, 1.165) is 24.1 Å². The maximum atomic E-state index is 13.3. The highest BCUT2D eigenvalue weighted by Gasteiger charge is 2.28. The molecule has 1 fully saturated rings. The fourth-order valence-electron chi connectivity index (χ4n) is 3.64. The van der Waals surface area contributed by atoms with Crippen molar-refractivity contribution in [3.63, 3.8) is 0 Å². The molecule has 1 saturated heterocycles. The molecule has 1 amide bonds. The molecule has 0 saturated carbocycles. The van der Waals surface area contributed by atoms with Gasteiger partial charge in [-0.3, -0.25) is 14.8 Å². The maximum absolute atomic E-state index is 13.3. The van der Waals surface area contributed by atoms with Crippen LogP contribution in [0.5, 0.6) is 0 Å². The normalized spacial score (nSPS) is 16.8. The van der Waals surface area contributed by atoms with Crippen LogP contribution in [0, 0.1) is 11.6 Å². The van der Waals surface area contributed by atoms with E-state index in [2.05, 4.69) is 9.97 Å². The summed E-state index contributed by atoms with van der Waals surface area (Å²) in [6.45, 7) is 1.17. The topological polar surface area (TPSA) is 46.1 Å². The van der Waals surface area contributed by atoms with Gasteiger partial charge in [-0.25, -0.2) is 8.78 Å². The Labute approximate surface area is 161 Å². The summed E-state index contributed by atoms with van der Waals surface area (Å²) >= 11 is 0. The molecule has 0 radical (unpaired) electrons. The standard InChI is InChI=1S/C22H19F2N3O/c23-18-7-3-15(4-8-18)20-21(26-12-11-25-20)17-2-1-13-27(14-17)22(28)16-5-9-19(24)10-6-16/h3-12,17H,1-2,13-14H2/t17-/m0/s1.